The van der Waals surface area contributed by atoms with Gasteiger partial charge in [0, 0.05) is 12.2 Å². The van der Waals surface area contributed by atoms with E-state index in [0.29, 0.717) is 0 Å². The van der Waals surface area contributed by atoms with E-state index in [9.17, 15) is 0 Å². The molecule has 0 aliphatic heterocycles. The maximum atomic E-state index is 5.66. The van der Waals surface area contributed by atoms with Crippen LogP contribution in [-0.4, -0.2) is 50.6 Å². The molecule has 0 fully saturated rings. The van der Waals surface area contributed by atoms with E-state index in [2.05, 4.69) is 43.1 Å². The van der Waals surface area contributed by atoms with Crippen molar-refractivity contribution in [3.05, 3.63) is 29.8 Å². The van der Waals surface area contributed by atoms with Crippen LogP contribution < -0.4 is 5.73 Å². The van der Waals surface area contributed by atoms with Gasteiger partial charge in [-0.2, -0.15) is 0 Å². The van der Waals surface area contributed by atoms with Gasteiger partial charge in [-0.05, 0) is 64.8 Å². The summed E-state index contributed by atoms with van der Waals surface area (Å²) in [6.07, 6.45) is 2.32. The molecule has 96 valence electrons. The lowest BCUT2D eigenvalue weighted by Crippen LogP contribution is -2.25. The van der Waals surface area contributed by atoms with E-state index in [1.165, 1.54) is 12.0 Å². The van der Waals surface area contributed by atoms with Crippen LogP contribution in [0.3, 0.4) is 0 Å². The van der Waals surface area contributed by atoms with E-state index < -0.39 is 0 Å². The molecule has 0 saturated heterocycles. The summed E-state index contributed by atoms with van der Waals surface area (Å²) in [5.41, 5.74) is 7.86. The summed E-state index contributed by atoms with van der Waals surface area (Å²) >= 11 is 0. The average Bonchev–Trinajstić information content (AvgIpc) is 2.28. The van der Waals surface area contributed by atoms with E-state index in [-0.39, 0.29) is 0 Å². The molecule has 0 amide bonds. The van der Waals surface area contributed by atoms with Crippen LogP contribution in [0.15, 0.2) is 24.3 Å². The lowest BCUT2D eigenvalue weighted by Gasteiger charge is -2.18. The first-order chi connectivity index (χ1) is 8.08. The highest BCUT2D eigenvalue weighted by Crippen LogP contribution is 2.06. The lowest BCUT2D eigenvalue weighted by atomic mass is 10.1. The van der Waals surface area contributed by atoms with Gasteiger partial charge in [-0.15, -0.1) is 0 Å². The molecule has 0 aromatic heterocycles. The van der Waals surface area contributed by atoms with E-state index in [4.69, 9.17) is 5.73 Å². The minimum Gasteiger partial charge on any atom is -0.399 e. The average molecular weight is 235 g/mol. The Morgan fingerprint density at radius 2 is 1.59 bits per heavy atom. The Bertz CT molecular complexity index is 306. The summed E-state index contributed by atoms with van der Waals surface area (Å²) in [5.74, 6) is 0. The van der Waals surface area contributed by atoms with Crippen molar-refractivity contribution in [2.75, 3.05) is 46.5 Å². The molecule has 3 nitrogen and oxygen atoms in total. The van der Waals surface area contributed by atoms with Gasteiger partial charge in [0.05, 0.1) is 0 Å². The topological polar surface area (TPSA) is 32.5 Å². The third-order valence-electron chi connectivity index (χ3n) is 2.91. The zero-order chi connectivity index (χ0) is 12.7. The first-order valence-corrected chi connectivity index (χ1v) is 6.25. The van der Waals surface area contributed by atoms with Crippen molar-refractivity contribution in [2.45, 2.75) is 12.8 Å². The number of benzene rings is 1. The van der Waals surface area contributed by atoms with Crippen LogP contribution in [0.4, 0.5) is 5.69 Å². The number of hydrogen-bond acceptors (Lipinski definition) is 3. The second-order valence-electron chi connectivity index (χ2n) is 4.95. The molecule has 17 heavy (non-hydrogen) atoms. The number of rotatable bonds is 7. The van der Waals surface area contributed by atoms with Crippen LogP contribution in [0.5, 0.6) is 0 Å². The maximum absolute atomic E-state index is 5.66. The van der Waals surface area contributed by atoms with Gasteiger partial charge >= 0.3 is 0 Å². The summed E-state index contributed by atoms with van der Waals surface area (Å²) in [6.45, 7) is 3.43. The number of anilines is 1. The fourth-order valence-corrected chi connectivity index (χ4v) is 1.77. The second kappa shape index (κ2) is 7.30. The zero-order valence-corrected chi connectivity index (χ0v) is 11.3. The summed E-state index contributed by atoms with van der Waals surface area (Å²) in [7, 11) is 6.43. The summed E-state index contributed by atoms with van der Waals surface area (Å²) in [5, 5.41) is 0. The fraction of sp³-hybridized carbons (Fsp3) is 0.571. The molecule has 0 aliphatic rings. The quantitative estimate of drug-likeness (QED) is 0.730. The molecule has 1 rings (SSSR count). The normalized spacial score (nSPS) is 11.4. The Kier molecular flexibility index (Phi) is 6.01. The largest absolute Gasteiger partial charge is 0.399 e. The number of nitrogens with two attached hydrogens (primary N) is 1. The van der Waals surface area contributed by atoms with Crippen LogP contribution in [0, 0.1) is 0 Å². The highest BCUT2D eigenvalue weighted by atomic mass is 15.1. The summed E-state index contributed by atoms with van der Waals surface area (Å²) in [6, 6.07) is 8.18. The van der Waals surface area contributed by atoms with E-state index in [1.54, 1.807) is 0 Å². The van der Waals surface area contributed by atoms with Crippen molar-refractivity contribution in [2.24, 2.45) is 0 Å². The number of likely N-dealkylation sites (N-methyl/N-ethyl adjacent to an activating group) is 1. The predicted octanol–water partition coefficient (Wildman–Crippen LogP) is 1.69. The molecule has 2 N–H and O–H groups in total. The van der Waals surface area contributed by atoms with Crippen LogP contribution in [0.1, 0.15) is 12.0 Å². The lowest BCUT2D eigenvalue weighted by molar-refractivity contribution is 0.303. The third-order valence-corrected chi connectivity index (χ3v) is 2.91. The van der Waals surface area contributed by atoms with Crippen LogP contribution >= 0.6 is 0 Å². The third kappa shape index (κ3) is 6.29. The van der Waals surface area contributed by atoms with Crippen molar-refractivity contribution < 1.29 is 0 Å². The second-order valence-corrected chi connectivity index (χ2v) is 4.95. The standard InChI is InChI=1S/C14H25N3/c1-16(2)10-4-11-17(3)12-9-13-5-7-14(15)8-6-13/h5-8H,4,9-12,15H2,1-3H3. The van der Waals surface area contributed by atoms with Gasteiger partial charge in [-0.3, -0.25) is 0 Å². The number of hydrogen-bond donors (Lipinski definition) is 1. The monoisotopic (exact) mass is 235 g/mol. The molecule has 0 unspecified atom stereocenters. The van der Waals surface area contributed by atoms with Crippen molar-refractivity contribution in [3.8, 4) is 0 Å². The van der Waals surface area contributed by atoms with E-state index in [0.717, 1.165) is 31.7 Å². The minimum absolute atomic E-state index is 0.841. The number of nitrogens with zero attached hydrogens (tertiary/aromatic N) is 2. The molecule has 0 spiro atoms. The predicted molar refractivity (Wildman–Crippen MR) is 75.2 cm³/mol. The highest BCUT2D eigenvalue weighted by Gasteiger charge is 2.00. The molecule has 0 heterocycles. The molecule has 0 bridgehead atoms. The molecular weight excluding hydrogens is 210 g/mol. The van der Waals surface area contributed by atoms with Gasteiger partial charge in [0.25, 0.3) is 0 Å². The molecule has 0 saturated carbocycles. The number of nitrogen functional groups attached to an aromatic ring is 1. The van der Waals surface area contributed by atoms with Gasteiger partial charge < -0.3 is 15.5 Å². The molecule has 0 aliphatic carbocycles. The van der Waals surface area contributed by atoms with Crippen molar-refractivity contribution >= 4 is 5.69 Å². The van der Waals surface area contributed by atoms with Crippen molar-refractivity contribution in [1.29, 1.82) is 0 Å². The highest BCUT2D eigenvalue weighted by molar-refractivity contribution is 5.39. The Labute approximate surface area is 105 Å². The molecule has 0 radical (unpaired) electrons. The van der Waals surface area contributed by atoms with Gasteiger partial charge in [-0.1, -0.05) is 12.1 Å². The first kappa shape index (κ1) is 14.0. The minimum atomic E-state index is 0.841. The SMILES string of the molecule is CN(C)CCCN(C)CCc1ccc(N)cc1. The van der Waals surface area contributed by atoms with Gasteiger partial charge in [0.15, 0.2) is 0 Å². The van der Waals surface area contributed by atoms with Crippen LogP contribution in [0.25, 0.3) is 0 Å². The van der Waals surface area contributed by atoms with Crippen LogP contribution in [0.2, 0.25) is 0 Å². The van der Waals surface area contributed by atoms with Crippen molar-refractivity contribution in [3.63, 3.8) is 0 Å². The smallest absolute Gasteiger partial charge is 0.0314 e. The maximum Gasteiger partial charge on any atom is 0.0314 e. The summed E-state index contributed by atoms with van der Waals surface area (Å²) < 4.78 is 0. The van der Waals surface area contributed by atoms with Gasteiger partial charge in [0.1, 0.15) is 0 Å². The molecule has 1 aromatic rings. The molecule has 0 atom stereocenters. The van der Waals surface area contributed by atoms with Crippen molar-refractivity contribution in [1.82, 2.24) is 9.80 Å². The zero-order valence-electron chi connectivity index (χ0n) is 11.3. The van der Waals surface area contributed by atoms with Gasteiger partial charge in [-0.25, -0.2) is 0 Å². The van der Waals surface area contributed by atoms with E-state index in [1.807, 2.05) is 12.1 Å². The van der Waals surface area contributed by atoms with Crippen LogP contribution in [-0.2, 0) is 6.42 Å². The van der Waals surface area contributed by atoms with Gasteiger partial charge in [0.2, 0.25) is 0 Å². The molecule has 3 heteroatoms. The molecular formula is C14H25N3. The Morgan fingerprint density at radius 3 is 2.18 bits per heavy atom. The first-order valence-electron chi connectivity index (χ1n) is 6.25. The Balaban J connectivity index is 2.19. The Morgan fingerprint density at radius 1 is 0.941 bits per heavy atom. The molecule has 1 aromatic carbocycles. The fourth-order valence-electron chi connectivity index (χ4n) is 1.77. The summed E-state index contributed by atoms with van der Waals surface area (Å²) in [4.78, 5) is 4.62. The van der Waals surface area contributed by atoms with E-state index >= 15 is 0 Å². The Hall–Kier alpha value is -1.06.